The maximum Gasteiger partial charge on any atom is 0.255 e. The average molecular weight is 417 g/mol. The van der Waals surface area contributed by atoms with Crippen molar-refractivity contribution in [3.8, 4) is 0 Å². The van der Waals surface area contributed by atoms with Gasteiger partial charge >= 0.3 is 0 Å². The highest BCUT2D eigenvalue weighted by atomic mass is 32.1. The molecule has 4 unspecified atom stereocenters. The van der Waals surface area contributed by atoms with E-state index in [4.69, 9.17) is 0 Å². The molecule has 0 aromatic carbocycles. The lowest BCUT2D eigenvalue weighted by molar-refractivity contribution is -0.153. The molecule has 0 saturated carbocycles. The lowest BCUT2D eigenvalue weighted by atomic mass is 9.92. The molecule has 3 rings (SSSR count). The standard InChI is InChI=1S/C22H28N2O4S/c1-15-7-3-2-4-9-17(15)18-10-5-13-24(18)22(28)20(26)19(25)21(27)23-12-11-16-8-6-14-29-16/h2-4,6-9,14-15,18-20,25-26H,5,10-13H2,1H3,(H,23,27). The Bertz CT molecular complexity index is 800. The Morgan fingerprint density at radius 1 is 1.28 bits per heavy atom. The highest BCUT2D eigenvalue weighted by molar-refractivity contribution is 7.09. The number of thiophene rings is 1. The van der Waals surface area contributed by atoms with Crippen molar-refractivity contribution in [3.63, 3.8) is 0 Å². The van der Waals surface area contributed by atoms with Crippen LogP contribution in [0.4, 0.5) is 0 Å². The van der Waals surface area contributed by atoms with E-state index in [9.17, 15) is 19.8 Å². The van der Waals surface area contributed by atoms with E-state index in [2.05, 4.69) is 18.3 Å². The molecule has 2 heterocycles. The lowest BCUT2D eigenvalue weighted by Crippen LogP contribution is -2.52. The third kappa shape index (κ3) is 5.23. The summed E-state index contributed by atoms with van der Waals surface area (Å²) >= 11 is 1.59. The first kappa shape index (κ1) is 21.5. The molecule has 156 valence electrons. The summed E-state index contributed by atoms with van der Waals surface area (Å²) in [6.45, 7) is 2.92. The second-order valence-electron chi connectivity index (χ2n) is 7.42. The first-order chi connectivity index (χ1) is 14.0. The molecule has 1 aliphatic heterocycles. The van der Waals surface area contributed by atoms with Gasteiger partial charge in [-0.2, -0.15) is 0 Å². The summed E-state index contributed by atoms with van der Waals surface area (Å²) in [5.74, 6) is -1.16. The second kappa shape index (κ2) is 10.0. The van der Waals surface area contributed by atoms with Gasteiger partial charge in [-0.1, -0.05) is 43.4 Å². The number of allylic oxidation sites excluding steroid dienone is 5. The van der Waals surface area contributed by atoms with Crippen LogP contribution in [0.5, 0.6) is 0 Å². The maximum absolute atomic E-state index is 12.9. The van der Waals surface area contributed by atoms with Gasteiger partial charge in [-0.25, -0.2) is 0 Å². The number of carbonyl (C=O) groups is 2. The second-order valence-corrected chi connectivity index (χ2v) is 8.46. The van der Waals surface area contributed by atoms with Crippen molar-refractivity contribution in [1.82, 2.24) is 10.2 Å². The molecule has 2 aliphatic rings. The first-order valence-corrected chi connectivity index (χ1v) is 10.9. The Morgan fingerprint density at radius 2 is 2.10 bits per heavy atom. The molecule has 3 N–H and O–H groups in total. The zero-order valence-corrected chi connectivity index (χ0v) is 17.3. The monoisotopic (exact) mass is 416 g/mol. The van der Waals surface area contributed by atoms with Gasteiger partial charge in [-0.05, 0) is 42.2 Å². The van der Waals surface area contributed by atoms with Crippen molar-refractivity contribution in [2.24, 2.45) is 5.92 Å². The van der Waals surface area contributed by atoms with E-state index < -0.39 is 24.0 Å². The van der Waals surface area contributed by atoms with Crippen LogP contribution in [0.2, 0.25) is 0 Å². The van der Waals surface area contributed by atoms with Crippen LogP contribution in [0, 0.1) is 5.92 Å². The summed E-state index contributed by atoms with van der Waals surface area (Å²) in [7, 11) is 0. The molecule has 4 atom stereocenters. The molecule has 29 heavy (non-hydrogen) atoms. The molecule has 0 spiro atoms. The SMILES string of the molecule is CC1C=CC=CC=C1C1CCCN1C(=O)C(O)C(O)C(=O)NCCc1cccs1. The number of hydrogen-bond donors (Lipinski definition) is 3. The minimum Gasteiger partial charge on any atom is -0.380 e. The third-order valence-corrected chi connectivity index (χ3v) is 6.36. The van der Waals surface area contributed by atoms with Crippen molar-refractivity contribution in [2.45, 2.75) is 44.4 Å². The molecular formula is C22H28N2O4S. The number of likely N-dealkylation sites (tertiary alicyclic amines) is 1. The summed E-state index contributed by atoms with van der Waals surface area (Å²) in [5, 5.41) is 25.2. The molecule has 0 radical (unpaired) electrons. The number of rotatable bonds is 7. The number of carbonyl (C=O) groups excluding carboxylic acids is 2. The van der Waals surface area contributed by atoms with Gasteiger partial charge in [0.1, 0.15) is 0 Å². The number of hydrogen-bond acceptors (Lipinski definition) is 5. The fourth-order valence-electron chi connectivity index (χ4n) is 3.83. The summed E-state index contributed by atoms with van der Waals surface area (Å²) < 4.78 is 0. The van der Waals surface area contributed by atoms with E-state index >= 15 is 0 Å². The molecule has 1 aromatic heterocycles. The largest absolute Gasteiger partial charge is 0.380 e. The Labute approximate surface area is 175 Å². The summed E-state index contributed by atoms with van der Waals surface area (Å²) in [6, 6.07) is 3.77. The van der Waals surface area contributed by atoms with E-state index in [1.807, 2.05) is 41.8 Å². The lowest BCUT2D eigenvalue weighted by Gasteiger charge is -2.31. The highest BCUT2D eigenvalue weighted by Crippen LogP contribution is 2.30. The van der Waals surface area contributed by atoms with E-state index in [0.717, 1.165) is 23.3 Å². The van der Waals surface area contributed by atoms with Crippen molar-refractivity contribution in [3.05, 3.63) is 58.3 Å². The van der Waals surface area contributed by atoms with Crippen LogP contribution in [0.15, 0.2) is 53.5 Å². The maximum atomic E-state index is 12.9. The molecule has 1 fully saturated rings. The zero-order chi connectivity index (χ0) is 20.8. The molecule has 1 saturated heterocycles. The number of aliphatic hydroxyl groups is 2. The smallest absolute Gasteiger partial charge is 0.255 e. The molecule has 1 aromatic rings. The van der Waals surface area contributed by atoms with Crippen LogP contribution in [-0.2, 0) is 16.0 Å². The highest BCUT2D eigenvalue weighted by Gasteiger charge is 2.39. The van der Waals surface area contributed by atoms with Gasteiger partial charge in [0.2, 0.25) is 0 Å². The molecule has 2 amide bonds. The van der Waals surface area contributed by atoms with Crippen molar-refractivity contribution in [1.29, 1.82) is 0 Å². The fourth-order valence-corrected chi connectivity index (χ4v) is 4.54. The normalized spacial score (nSPS) is 23.4. The van der Waals surface area contributed by atoms with Crippen LogP contribution in [-0.4, -0.2) is 58.3 Å². The number of nitrogens with one attached hydrogen (secondary N) is 1. The van der Waals surface area contributed by atoms with Gasteiger partial charge in [0.25, 0.3) is 11.8 Å². The molecular weight excluding hydrogens is 388 g/mol. The van der Waals surface area contributed by atoms with Gasteiger partial charge < -0.3 is 20.4 Å². The molecule has 6 nitrogen and oxygen atoms in total. The molecule has 7 heteroatoms. The van der Waals surface area contributed by atoms with E-state index in [0.29, 0.717) is 19.5 Å². The van der Waals surface area contributed by atoms with Gasteiger partial charge in [-0.3, -0.25) is 9.59 Å². The van der Waals surface area contributed by atoms with Gasteiger partial charge in [0.15, 0.2) is 12.2 Å². The average Bonchev–Trinajstić information content (AvgIpc) is 3.36. The first-order valence-electron chi connectivity index (χ1n) is 10.0. The molecule has 0 bridgehead atoms. The van der Waals surface area contributed by atoms with Gasteiger partial charge in [-0.15, -0.1) is 11.3 Å². The predicted molar refractivity (Wildman–Crippen MR) is 113 cm³/mol. The number of amides is 2. The van der Waals surface area contributed by atoms with Crippen molar-refractivity contribution < 1.29 is 19.8 Å². The van der Waals surface area contributed by atoms with E-state index in [1.165, 1.54) is 0 Å². The van der Waals surface area contributed by atoms with Crippen LogP contribution in [0.25, 0.3) is 0 Å². The van der Waals surface area contributed by atoms with E-state index in [-0.39, 0.29) is 12.0 Å². The minimum atomic E-state index is -1.78. The Hall–Kier alpha value is -2.22. The van der Waals surface area contributed by atoms with Gasteiger partial charge in [0, 0.05) is 18.0 Å². The molecule has 1 aliphatic carbocycles. The third-order valence-electron chi connectivity index (χ3n) is 5.43. The number of nitrogens with zero attached hydrogens (tertiary/aromatic N) is 1. The minimum absolute atomic E-state index is 0.131. The van der Waals surface area contributed by atoms with Gasteiger partial charge in [0.05, 0.1) is 6.04 Å². The number of aliphatic hydroxyl groups excluding tert-OH is 2. The van der Waals surface area contributed by atoms with E-state index in [1.54, 1.807) is 16.2 Å². The Kier molecular flexibility index (Phi) is 7.41. The van der Waals surface area contributed by atoms with Crippen LogP contribution >= 0.6 is 11.3 Å². The Morgan fingerprint density at radius 3 is 2.86 bits per heavy atom. The summed E-state index contributed by atoms with van der Waals surface area (Å²) in [5.41, 5.74) is 1.10. The predicted octanol–water partition coefficient (Wildman–Crippen LogP) is 1.81. The zero-order valence-electron chi connectivity index (χ0n) is 16.5. The van der Waals surface area contributed by atoms with Crippen LogP contribution < -0.4 is 5.32 Å². The fraction of sp³-hybridized carbons (Fsp3) is 0.455. The topological polar surface area (TPSA) is 89.9 Å². The van der Waals surface area contributed by atoms with Crippen molar-refractivity contribution in [2.75, 3.05) is 13.1 Å². The Balaban J connectivity index is 1.59. The van der Waals surface area contributed by atoms with Crippen LogP contribution in [0.1, 0.15) is 24.6 Å². The van der Waals surface area contributed by atoms with Crippen LogP contribution in [0.3, 0.4) is 0 Å². The summed E-state index contributed by atoms with van der Waals surface area (Å²) in [6.07, 6.45) is 8.67. The summed E-state index contributed by atoms with van der Waals surface area (Å²) in [4.78, 5) is 27.8. The quantitative estimate of drug-likeness (QED) is 0.632. The van der Waals surface area contributed by atoms with Crippen molar-refractivity contribution >= 4 is 23.2 Å².